The van der Waals surface area contributed by atoms with Crippen LogP contribution in [0.4, 0.5) is 0 Å². The number of hydrogen-bond donors (Lipinski definition) is 1. The fraction of sp³-hybridized carbons (Fsp3) is 0.385. The van der Waals surface area contributed by atoms with Gasteiger partial charge in [0.05, 0.1) is 12.1 Å². The fourth-order valence-corrected chi connectivity index (χ4v) is 1.46. The molecule has 7 nitrogen and oxygen atoms in total. The molecule has 0 aliphatic rings. The number of nitrogens with zero attached hydrogens (tertiary/aromatic N) is 3. The van der Waals surface area contributed by atoms with Gasteiger partial charge in [-0.2, -0.15) is 0 Å². The Kier molecular flexibility index (Phi) is 5.19. The third-order valence-electron chi connectivity index (χ3n) is 2.72. The number of carbonyl (C=O) groups excluding carboxylic acids is 2. The van der Waals surface area contributed by atoms with Gasteiger partial charge in [-0.05, 0) is 19.1 Å². The third kappa shape index (κ3) is 3.78. The molecule has 1 N–H and O–H groups in total. The van der Waals surface area contributed by atoms with Crippen molar-refractivity contribution >= 4 is 17.8 Å². The molecule has 2 amide bonds. The Morgan fingerprint density at radius 2 is 1.90 bits per heavy atom. The molecule has 1 aromatic rings. The molecule has 0 bridgehead atoms. The summed E-state index contributed by atoms with van der Waals surface area (Å²) >= 11 is 0. The largest absolute Gasteiger partial charge is 0.477 e. The summed E-state index contributed by atoms with van der Waals surface area (Å²) in [4.78, 5) is 41.0. The molecule has 0 spiro atoms. The van der Waals surface area contributed by atoms with Crippen molar-refractivity contribution in [3.05, 3.63) is 29.6 Å². The second-order valence-corrected chi connectivity index (χ2v) is 4.34. The predicted octanol–water partition coefficient (Wildman–Crippen LogP) is 0.330. The van der Waals surface area contributed by atoms with Crippen LogP contribution in [0.15, 0.2) is 18.3 Å². The molecule has 1 aromatic heterocycles. The highest BCUT2D eigenvalue weighted by Gasteiger charge is 2.19. The summed E-state index contributed by atoms with van der Waals surface area (Å²) in [5.74, 6) is -1.69. The van der Waals surface area contributed by atoms with Crippen LogP contribution in [-0.2, 0) is 4.79 Å². The maximum atomic E-state index is 12.2. The van der Waals surface area contributed by atoms with Crippen LogP contribution < -0.4 is 0 Å². The first-order chi connectivity index (χ1) is 9.36. The van der Waals surface area contributed by atoms with Gasteiger partial charge in [0, 0.05) is 26.8 Å². The van der Waals surface area contributed by atoms with Crippen molar-refractivity contribution in [2.45, 2.75) is 6.92 Å². The number of aromatic carboxylic acids is 1. The van der Waals surface area contributed by atoms with Crippen molar-refractivity contribution in [1.29, 1.82) is 0 Å². The number of pyridine rings is 1. The van der Waals surface area contributed by atoms with Gasteiger partial charge in [-0.25, -0.2) is 9.78 Å². The van der Waals surface area contributed by atoms with E-state index in [1.165, 1.54) is 28.1 Å². The van der Waals surface area contributed by atoms with E-state index >= 15 is 0 Å². The van der Waals surface area contributed by atoms with Crippen LogP contribution in [0.5, 0.6) is 0 Å². The zero-order valence-corrected chi connectivity index (χ0v) is 11.7. The van der Waals surface area contributed by atoms with Crippen molar-refractivity contribution < 1.29 is 19.5 Å². The van der Waals surface area contributed by atoms with Crippen molar-refractivity contribution in [3.63, 3.8) is 0 Å². The average Bonchev–Trinajstić information content (AvgIpc) is 2.43. The van der Waals surface area contributed by atoms with Gasteiger partial charge >= 0.3 is 5.97 Å². The molecule has 0 aromatic carbocycles. The maximum absolute atomic E-state index is 12.2. The van der Waals surface area contributed by atoms with Gasteiger partial charge in [-0.1, -0.05) is 0 Å². The van der Waals surface area contributed by atoms with Crippen molar-refractivity contribution in [1.82, 2.24) is 14.8 Å². The van der Waals surface area contributed by atoms with Crippen LogP contribution in [0, 0.1) is 0 Å². The summed E-state index contributed by atoms with van der Waals surface area (Å²) in [5.41, 5.74) is 0.123. The molecule has 0 unspecified atom stereocenters. The Bertz CT molecular complexity index is 511. The summed E-state index contributed by atoms with van der Waals surface area (Å²) in [6.45, 7) is 2.11. The number of hydrogen-bond acceptors (Lipinski definition) is 4. The van der Waals surface area contributed by atoms with Crippen LogP contribution in [0.25, 0.3) is 0 Å². The Morgan fingerprint density at radius 3 is 2.30 bits per heavy atom. The molecule has 0 aliphatic carbocycles. The molecular formula is C13H17N3O4. The van der Waals surface area contributed by atoms with Gasteiger partial charge < -0.3 is 14.9 Å². The van der Waals surface area contributed by atoms with E-state index < -0.39 is 5.97 Å². The molecule has 0 atom stereocenters. The van der Waals surface area contributed by atoms with Crippen LogP contribution in [0.2, 0.25) is 0 Å². The topological polar surface area (TPSA) is 90.8 Å². The van der Waals surface area contributed by atoms with Gasteiger partial charge in [-0.15, -0.1) is 0 Å². The lowest BCUT2D eigenvalue weighted by molar-refractivity contribution is -0.129. The van der Waals surface area contributed by atoms with Gasteiger partial charge in [0.15, 0.2) is 0 Å². The molecule has 0 radical (unpaired) electrons. The van der Waals surface area contributed by atoms with Gasteiger partial charge in [0.1, 0.15) is 5.69 Å². The number of rotatable bonds is 5. The Balaban J connectivity index is 2.85. The van der Waals surface area contributed by atoms with E-state index in [0.29, 0.717) is 6.54 Å². The van der Waals surface area contributed by atoms with E-state index in [1.54, 1.807) is 21.0 Å². The zero-order valence-electron chi connectivity index (χ0n) is 11.7. The van der Waals surface area contributed by atoms with E-state index in [9.17, 15) is 14.4 Å². The number of carbonyl (C=O) groups is 3. The van der Waals surface area contributed by atoms with Gasteiger partial charge in [0.2, 0.25) is 5.91 Å². The highest BCUT2D eigenvalue weighted by atomic mass is 16.4. The minimum Gasteiger partial charge on any atom is -0.477 e. The number of amides is 2. The Hall–Kier alpha value is -2.44. The summed E-state index contributed by atoms with van der Waals surface area (Å²) in [7, 11) is 3.23. The highest BCUT2D eigenvalue weighted by Crippen LogP contribution is 2.05. The van der Waals surface area contributed by atoms with Crippen molar-refractivity contribution in [2.75, 3.05) is 27.2 Å². The molecular weight excluding hydrogens is 262 g/mol. The summed E-state index contributed by atoms with van der Waals surface area (Å²) < 4.78 is 0. The fourth-order valence-electron chi connectivity index (χ4n) is 1.46. The third-order valence-corrected chi connectivity index (χ3v) is 2.72. The molecule has 0 fully saturated rings. The molecule has 0 saturated heterocycles. The Labute approximate surface area is 116 Å². The second-order valence-electron chi connectivity index (χ2n) is 4.34. The van der Waals surface area contributed by atoms with E-state index in [2.05, 4.69) is 4.98 Å². The normalized spacial score (nSPS) is 9.95. The minimum absolute atomic E-state index is 0.0248. The van der Waals surface area contributed by atoms with Crippen molar-refractivity contribution in [2.24, 2.45) is 0 Å². The van der Waals surface area contributed by atoms with Crippen LogP contribution >= 0.6 is 0 Å². The summed E-state index contributed by atoms with van der Waals surface area (Å²) in [6.07, 6.45) is 1.20. The smallest absolute Gasteiger partial charge is 0.354 e. The molecule has 1 rings (SSSR count). The van der Waals surface area contributed by atoms with E-state index in [0.717, 1.165) is 0 Å². The number of likely N-dealkylation sites (N-methyl/N-ethyl adjacent to an activating group) is 2. The number of aromatic nitrogens is 1. The monoisotopic (exact) mass is 279 g/mol. The second kappa shape index (κ2) is 6.65. The first-order valence-electron chi connectivity index (χ1n) is 6.05. The quantitative estimate of drug-likeness (QED) is 0.838. The Morgan fingerprint density at radius 1 is 1.25 bits per heavy atom. The highest BCUT2D eigenvalue weighted by molar-refractivity contribution is 5.96. The lowest BCUT2D eigenvalue weighted by atomic mass is 10.2. The standard InChI is InChI=1S/C13H17N3O4/c1-4-16(8-11(17)15(2)3)12(18)9-5-6-10(13(19)20)14-7-9/h5-7H,4,8H2,1-3H3,(H,19,20). The number of carboxylic acids is 1. The van der Waals surface area contributed by atoms with Crippen molar-refractivity contribution in [3.8, 4) is 0 Å². The molecule has 1 heterocycles. The first-order valence-corrected chi connectivity index (χ1v) is 6.05. The van der Waals surface area contributed by atoms with E-state index in [-0.39, 0.29) is 29.6 Å². The lowest BCUT2D eigenvalue weighted by Gasteiger charge is -2.22. The molecule has 108 valence electrons. The minimum atomic E-state index is -1.15. The number of carboxylic acid groups (broad SMARTS) is 1. The SMILES string of the molecule is CCN(CC(=O)N(C)C)C(=O)c1ccc(C(=O)O)nc1. The van der Waals surface area contributed by atoms with Gasteiger partial charge in [0.25, 0.3) is 5.91 Å². The first kappa shape index (κ1) is 15.6. The molecule has 0 saturated carbocycles. The molecule has 7 heteroatoms. The van der Waals surface area contributed by atoms with Crippen LogP contribution in [0.3, 0.4) is 0 Å². The van der Waals surface area contributed by atoms with Gasteiger partial charge in [-0.3, -0.25) is 9.59 Å². The molecule has 0 aliphatic heterocycles. The van der Waals surface area contributed by atoms with Crippen LogP contribution in [0.1, 0.15) is 27.8 Å². The summed E-state index contributed by atoms with van der Waals surface area (Å²) in [6, 6.07) is 2.65. The van der Waals surface area contributed by atoms with E-state index in [1.807, 2.05) is 0 Å². The zero-order chi connectivity index (χ0) is 15.3. The average molecular weight is 279 g/mol. The summed E-state index contributed by atoms with van der Waals surface area (Å²) in [5, 5.41) is 8.74. The van der Waals surface area contributed by atoms with Crippen LogP contribution in [-0.4, -0.2) is 64.9 Å². The maximum Gasteiger partial charge on any atom is 0.354 e. The van der Waals surface area contributed by atoms with E-state index in [4.69, 9.17) is 5.11 Å². The lowest BCUT2D eigenvalue weighted by Crippen LogP contribution is -2.40. The molecule has 20 heavy (non-hydrogen) atoms. The predicted molar refractivity (Wildman–Crippen MR) is 71.5 cm³/mol.